The minimum atomic E-state index is 0.419. The van der Waals surface area contributed by atoms with Gasteiger partial charge in [-0.2, -0.15) is 0 Å². The van der Waals surface area contributed by atoms with Crippen LogP contribution in [0.15, 0.2) is 53.3 Å². The molecule has 106 valence electrons. The Hall–Kier alpha value is -2.62. The molecule has 0 saturated carbocycles. The predicted molar refractivity (Wildman–Crippen MR) is 82.7 cm³/mol. The molecule has 3 aromatic rings. The van der Waals surface area contributed by atoms with Crippen LogP contribution in [0.5, 0.6) is 0 Å². The molecule has 4 nitrogen and oxygen atoms in total. The predicted octanol–water partition coefficient (Wildman–Crippen LogP) is 3.41. The van der Waals surface area contributed by atoms with Crippen molar-refractivity contribution >= 4 is 5.82 Å². The van der Waals surface area contributed by atoms with Crippen LogP contribution in [-0.4, -0.2) is 10.1 Å². The molecular formula is C17H17N3O. The van der Waals surface area contributed by atoms with Crippen LogP contribution in [0.4, 0.5) is 5.82 Å². The third kappa shape index (κ3) is 2.79. The standard InChI is InChI=1S/C17H17N3O/c1-12-5-2-3-6-13(12)8-9-15-16(17(18)20-21-15)14-7-4-10-19-11-14/h2-7,10-11H,8-9H2,1H3,(H2,18,20). The first kappa shape index (κ1) is 13.4. The molecule has 1 aromatic carbocycles. The highest BCUT2D eigenvalue weighted by Gasteiger charge is 2.16. The van der Waals surface area contributed by atoms with Crippen molar-refractivity contribution < 1.29 is 4.52 Å². The van der Waals surface area contributed by atoms with Gasteiger partial charge in [0.05, 0.1) is 5.56 Å². The molecule has 0 spiro atoms. The summed E-state index contributed by atoms with van der Waals surface area (Å²) < 4.78 is 5.41. The van der Waals surface area contributed by atoms with Crippen molar-refractivity contribution in [1.82, 2.24) is 10.1 Å². The zero-order valence-electron chi connectivity index (χ0n) is 11.9. The first-order chi connectivity index (χ1) is 10.3. The zero-order valence-corrected chi connectivity index (χ0v) is 11.9. The van der Waals surface area contributed by atoms with Crippen molar-refractivity contribution in [2.45, 2.75) is 19.8 Å². The third-order valence-corrected chi connectivity index (χ3v) is 3.62. The lowest BCUT2D eigenvalue weighted by Crippen LogP contribution is -1.95. The van der Waals surface area contributed by atoms with Crippen molar-refractivity contribution in [3.05, 3.63) is 65.7 Å². The van der Waals surface area contributed by atoms with E-state index in [-0.39, 0.29) is 0 Å². The molecule has 0 atom stereocenters. The smallest absolute Gasteiger partial charge is 0.175 e. The molecule has 0 amide bonds. The second kappa shape index (κ2) is 5.79. The Bertz CT molecular complexity index is 735. The summed E-state index contributed by atoms with van der Waals surface area (Å²) in [6.45, 7) is 2.12. The number of pyridine rings is 1. The van der Waals surface area contributed by atoms with Crippen LogP contribution in [0, 0.1) is 6.92 Å². The molecule has 0 aliphatic carbocycles. The van der Waals surface area contributed by atoms with E-state index in [1.165, 1.54) is 11.1 Å². The largest absolute Gasteiger partial charge is 0.380 e. The van der Waals surface area contributed by atoms with Crippen molar-refractivity contribution in [2.24, 2.45) is 0 Å². The summed E-state index contributed by atoms with van der Waals surface area (Å²) in [6.07, 6.45) is 5.17. The molecular weight excluding hydrogens is 262 g/mol. The van der Waals surface area contributed by atoms with Crippen LogP contribution in [0.2, 0.25) is 0 Å². The lowest BCUT2D eigenvalue weighted by atomic mass is 10.00. The maximum absolute atomic E-state index is 5.94. The second-order valence-electron chi connectivity index (χ2n) is 5.03. The molecule has 4 heteroatoms. The maximum Gasteiger partial charge on any atom is 0.175 e. The molecule has 3 rings (SSSR count). The summed E-state index contributed by atoms with van der Waals surface area (Å²) in [6, 6.07) is 12.2. The Morgan fingerprint density at radius 1 is 1.10 bits per heavy atom. The fourth-order valence-corrected chi connectivity index (χ4v) is 2.47. The number of hydrogen-bond donors (Lipinski definition) is 1. The van der Waals surface area contributed by atoms with Gasteiger partial charge in [-0.05, 0) is 30.5 Å². The summed E-state index contributed by atoms with van der Waals surface area (Å²) in [7, 11) is 0. The van der Waals surface area contributed by atoms with E-state index in [0.29, 0.717) is 5.82 Å². The molecule has 0 aliphatic heterocycles. The SMILES string of the molecule is Cc1ccccc1CCc1onc(N)c1-c1cccnc1. The molecule has 0 aliphatic rings. The monoisotopic (exact) mass is 279 g/mol. The molecule has 21 heavy (non-hydrogen) atoms. The van der Waals surface area contributed by atoms with Gasteiger partial charge in [0, 0.05) is 24.4 Å². The quantitative estimate of drug-likeness (QED) is 0.794. The molecule has 2 heterocycles. The lowest BCUT2D eigenvalue weighted by Gasteiger charge is -2.05. The number of hydrogen-bond acceptors (Lipinski definition) is 4. The number of nitrogen functional groups attached to an aromatic ring is 1. The second-order valence-corrected chi connectivity index (χ2v) is 5.03. The van der Waals surface area contributed by atoms with Gasteiger partial charge in [0.15, 0.2) is 5.82 Å². The first-order valence-electron chi connectivity index (χ1n) is 6.94. The number of anilines is 1. The minimum Gasteiger partial charge on any atom is -0.380 e. The molecule has 2 N–H and O–H groups in total. The van der Waals surface area contributed by atoms with Crippen LogP contribution in [0.25, 0.3) is 11.1 Å². The Balaban J connectivity index is 1.86. The fraction of sp³-hybridized carbons (Fsp3) is 0.176. The van der Waals surface area contributed by atoms with Crippen molar-refractivity contribution in [2.75, 3.05) is 5.73 Å². The Labute approximate surface area is 123 Å². The third-order valence-electron chi connectivity index (χ3n) is 3.62. The van der Waals surface area contributed by atoms with E-state index in [1.807, 2.05) is 18.2 Å². The average molecular weight is 279 g/mol. The normalized spacial score (nSPS) is 10.7. The van der Waals surface area contributed by atoms with Crippen LogP contribution in [0.3, 0.4) is 0 Å². The summed E-state index contributed by atoms with van der Waals surface area (Å²) in [5, 5.41) is 3.90. The summed E-state index contributed by atoms with van der Waals surface area (Å²) in [5.41, 5.74) is 10.3. The van der Waals surface area contributed by atoms with Gasteiger partial charge >= 0.3 is 0 Å². The van der Waals surface area contributed by atoms with Gasteiger partial charge < -0.3 is 10.3 Å². The van der Waals surface area contributed by atoms with Crippen molar-refractivity contribution in [1.29, 1.82) is 0 Å². The Morgan fingerprint density at radius 2 is 1.95 bits per heavy atom. The van der Waals surface area contributed by atoms with Gasteiger partial charge in [0.1, 0.15) is 5.76 Å². The highest BCUT2D eigenvalue weighted by molar-refractivity contribution is 5.74. The van der Waals surface area contributed by atoms with Crippen LogP contribution >= 0.6 is 0 Å². The fourth-order valence-electron chi connectivity index (χ4n) is 2.47. The molecule has 0 saturated heterocycles. The van der Waals surface area contributed by atoms with E-state index < -0.39 is 0 Å². The topological polar surface area (TPSA) is 64.9 Å². The van der Waals surface area contributed by atoms with Gasteiger partial charge in [-0.1, -0.05) is 35.5 Å². The van der Waals surface area contributed by atoms with E-state index in [2.05, 4.69) is 35.3 Å². The summed E-state index contributed by atoms with van der Waals surface area (Å²) in [5.74, 6) is 1.23. The molecule has 0 unspecified atom stereocenters. The van der Waals surface area contributed by atoms with E-state index in [9.17, 15) is 0 Å². The first-order valence-corrected chi connectivity index (χ1v) is 6.94. The highest BCUT2D eigenvalue weighted by Crippen LogP contribution is 2.29. The summed E-state index contributed by atoms with van der Waals surface area (Å²) >= 11 is 0. The van der Waals surface area contributed by atoms with E-state index >= 15 is 0 Å². The molecule has 2 aromatic heterocycles. The van der Waals surface area contributed by atoms with Crippen molar-refractivity contribution in [3.63, 3.8) is 0 Å². The Morgan fingerprint density at radius 3 is 2.71 bits per heavy atom. The minimum absolute atomic E-state index is 0.419. The van der Waals surface area contributed by atoms with Crippen LogP contribution < -0.4 is 5.73 Å². The van der Waals surface area contributed by atoms with Gasteiger partial charge in [-0.15, -0.1) is 0 Å². The van der Waals surface area contributed by atoms with E-state index in [4.69, 9.17) is 10.3 Å². The zero-order chi connectivity index (χ0) is 14.7. The van der Waals surface area contributed by atoms with Gasteiger partial charge in [0.2, 0.25) is 0 Å². The van der Waals surface area contributed by atoms with E-state index in [1.54, 1.807) is 12.4 Å². The number of nitrogens with zero attached hydrogens (tertiary/aromatic N) is 2. The van der Waals surface area contributed by atoms with Gasteiger partial charge in [0.25, 0.3) is 0 Å². The maximum atomic E-state index is 5.94. The number of nitrogens with two attached hydrogens (primary N) is 1. The number of aryl methyl sites for hydroxylation is 3. The number of benzene rings is 1. The average Bonchev–Trinajstić information content (AvgIpc) is 2.88. The Kier molecular flexibility index (Phi) is 3.69. The molecule has 0 fully saturated rings. The lowest BCUT2D eigenvalue weighted by molar-refractivity contribution is 0.386. The van der Waals surface area contributed by atoms with Gasteiger partial charge in [-0.25, -0.2) is 0 Å². The number of rotatable bonds is 4. The van der Waals surface area contributed by atoms with E-state index in [0.717, 1.165) is 29.7 Å². The molecule has 0 bridgehead atoms. The number of aromatic nitrogens is 2. The van der Waals surface area contributed by atoms with Crippen LogP contribution in [0.1, 0.15) is 16.9 Å². The van der Waals surface area contributed by atoms with Gasteiger partial charge in [-0.3, -0.25) is 4.98 Å². The van der Waals surface area contributed by atoms with Crippen LogP contribution in [-0.2, 0) is 12.8 Å². The molecule has 0 radical (unpaired) electrons. The summed E-state index contributed by atoms with van der Waals surface area (Å²) in [4.78, 5) is 4.13. The van der Waals surface area contributed by atoms with Crippen molar-refractivity contribution in [3.8, 4) is 11.1 Å². The highest BCUT2D eigenvalue weighted by atomic mass is 16.5.